The van der Waals surface area contributed by atoms with Crippen molar-refractivity contribution >= 4 is 22.7 Å². The van der Waals surface area contributed by atoms with Crippen molar-refractivity contribution in [3.05, 3.63) is 84.9 Å². The van der Waals surface area contributed by atoms with Gasteiger partial charge >= 0.3 is 0 Å². The van der Waals surface area contributed by atoms with E-state index in [1.165, 1.54) is 5.69 Å². The molecule has 0 amide bonds. The Morgan fingerprint density at radius 2 is 1.19 bits per heavy atom. The third kappa shape index (κ3) is 4.45. The fourth-order valence-electron chi connectivity index (χ4n) is 3.40. The van der Waals surface area contributed by atoms with Gasteiger partial charge in [-0.2, -0.15) is 0 Å². The predicted octanol–water partition coefficient (Wildman–Crippen LogP) is 7.00. The number of hydrogen-bond donors (Lipinski definition) is 1. The van der Waals surface area contributed by atoms with E-state index in [4.69, 9.17) is 0 Å². The molecule has 134 valence electrons. The van der Waals surface area contributed by atoms with E-state index in [2.05, 4.69) is 116 Å². The van der Waals surface area contributed by atoms with Gasteiger partial charge in [0, 0.05) is 17.4 Å². The van der Waals surface area contributed by atoms with Crippen LogP contribution in [0.15, 0.2) is 84.9 Å². The fourth-order valence-corrected chi connectivity index (χ4v) is 3.40. The third-order valence-corrected chi connectivity index (χ3v) is 4.40. The monoisotopic (exact) mass is 344 g/mol. The second kappa shape index (κ2) is 8.57. The molecule has 2 nitrogen and oxygen atoms in total. The summed E-state index contributed by atoms with van der Waals surface area (Å²) in [6.07, 6.45) is 1.14. The van der Waals surface area contributed by atoms with Gasteiger partial charge in [0.1, 0.15) is 0 Å². The lowest BCUT2D eigenvalue weighted by Crippen LogP contribution is -2.20. The summed E-state index contributed by atoms with van der Waals surface area (Å²) in [5.41, 5.74) is 4.64. The van der Waals surface area contributed by atoms with Crippen LogP contribution in [0.3, 0.4) is 0 Å². The number of nitrogens with zero attached hydrogens (tertiary/aromatic N) is 1. The summed E-state index contributed by atoms with van der Waals surface area (Å²) in [6.45, 7) is 6.79. The Labute approximate surface area is 157 Å². The molecular weight excluding hydrogens is 316 g/mol. The van der Waals surface area contributed by atoms with E-state index < -0.39 is 0 Å². The van der Waals surface area contributed by atoms with Crippen molar-refractivity contribution in [2.75, 3.05) is 10.2 Å². The number of nitrogens with one attached hydrogen (secondary N) is 1. The first-order chi connectivity index (χ1) is 12.6. The van der Waals surface area contributed by atoms with E-state index in [1.807, 2.05) is 0 Å². The first-order valence-electron chi connectivity index (χ1n) is 9.41. The maximum Gasteiger partial charge on any atom is 0.0693 e. The summed E-state index contributed by atoms with van der Waals surface area (Å²) in [5, 5.41) is 3.72. The van der Waals surface area contributed by atoms with E-state index in [1.54, 1.807) is 0 Å². The van der Waals surface area contributed by atoms with E-state index in [-0.39, 0.29) is 0 Å². The Balaban J connectivity index is 2.03. The average Bonchev–Trinajstić information content (AvgIpc) is 2.64. The van der Waals surface area contributed by atoms with Crippen LogP contribution in [-0.4, -0.2) is 6.04 Å². The van der Waals surface area contributed by atoms with Crippen molar-refractivity contribution in [3.63, 3.8) is 0 Å². The zero-order valence-electron chi connectivity index (χ0n) is 15.9. The van der Waals surface area contributed by atoms with Crippen molar-refractivity contribution in [2.45, 2.75) is 33.2 Å². The Morgan fingerprint density at radius 1 is 0.692 bits per heavy atom. The van der Waals surface area contributed by atoms with E-state index in [0.29, 0.717) is 12.0 Å². The number of anilines is 4. The van der Waals surface area contributed by atoms with Crippen LogP contribution >= 0.6 is 0 Å². The van der Waals surface area contributed by atoms with Crippen LogP contribution < -0.4 is 10.2 Å². The molecule has 0 saturated heterocycles. The second-order valence-corrected chi connectivity index (χ2v) is 7.20. The lowest BCUT2D eigenvalue weighted by Gasteiger charge is -2.29. The van der Waals surface area contributed by atoms with Gasteiger partial charge in [-0.15, -0.1) is 0 Å². The highest BCUT2D eigenvalue weighted by molar-refractivity contribution is 5.84. The van der Waals surface area contributed by atoms with E-state index >= 15 is 0 Å². The molecule has 3 aromatic rings. The molecule has 26 heavy (non-hydrogen) atoms. The first-order valence-corrected chi connectivity index (χ1v) is 9.41. The third-order valence-electron chi connectivity index (χ3n) is 4.40. The molecule has 0 radical (unpaired) electrons. The Bertz CT molecular complexity index is 757. The summed E-state index contributed by atoms with van der Waals surface area (Å²) in [6, 6.07) is 30.1. The molecular formula is C24H28N2. The largest absolute Gasteiger partial charge is 0.381 e. The van der Waals surface area contributed by atoms with Gasteiger partial charge in [-0.3, -0.25) is 0 Å². The SMILES string of the molecule is CC(C)CC(C)Nc1ccccc1N(c1ccccc1)c1ccccc1. The number of para-hydroxylation sites is 4. The normalized spacial score (nSPS) is 12.0. The first kappa shape index (κ1) is 18.1. The van der Waals surface area contributed by atoms with E-state index in [9.17, 15) is 0 Å². The maximum atomic E-state index is 3.72. The van der Waals surface area contributed by atoms with Gasteiger partial charge in [0.25, 0.3) is 0 Å². The molecule has 0 aromatic heterocycles. The topological polar surface area (TPSA) is 15.3 Å². The lowest BCUT2D eigenvalue weighted by molar-refractivity contribution is 0.540. The molecule has 2 heteroatoms. The Kier molecular flexibility index (Phi) is 5.96. The minimum Gasteiger partial charge on any atom is -0.381 e. The summed E-state index contributed by atoms with van der Waals surface area (Å²) in [7, 11) is 0. The van der Waals surface area contributed by atoms with Gasteiger partial charge in [-0.25, -0.2) is 0 Å². The molecule has 3 aromatic carbocycles. The van der Waals surface area contributed by atoms with Gasteiger partial charge < -0.3 is 10.2 Å². The van der Waals surface area contributed by atoms with Crippen molar-refractivity contribution in [1.29, 1.82) is 0 Å². The summed E-state index contributed by atoms with van der Waals surface area (Å²) >= 11 is 0. The predicted molar refractivity (Wildman–Crippen MR) is 114 cm³/mol. The number of hydrogen-bond acceptors (Lipinski definition) is 2. The molecule has 0 fully saturated rings. The highest BCUT2D eigenvalue weighted by Crippen LogP contribution is 2.38. The zero-order valence-corrected chi connectivity index (χ0v) is 15.9. The highest BCUT2D eigenvalue weighted by Gasteiger charge is 2.16. The molecule has 0 aliphatic rings. The minimum atomic E-state index is 0.421. The van der Waals surface area contributed by atoms with Crippen LogP contribution in [-0.2, 0) is 0 Å². The molecule has 0 aliphatic carbocycles. The summed E-state index contributed by atoms with van der Waals surface area (Å²) in [4.78, 5) is 2.31. The van der Waals surface area contributed by atoms with Crippen LogP contribution in [0.5, 0.6) is 0 Å². The van der Waals surface area contributed by atoms with Crippen molar-refractivity contribution in [3.8, 4) is 0 Å². The molecule has 0 saturated carbocycles. The molecule has 0 spiro atoms. The number of rotatable bonds is 7. The Hall–Kier alpha value is -2.74. The van der Waals surface area contributed by atoms with Crippen LogP contribution in [0.2, 0.25) is 0 Å². The summed E-state index contributed by atoms with van der Waals surface area (Å²) in [5.74, 6) is 0.670. The molecule has 3 rings (SSSR count). The van der Waals surface area contributed by atoms with E-state index in [0.717, 1.165) is 23.5 Å². The van der Waals surface area contributed by atoms with Gasteiger partial charge in [0.15, 0.2) is 0 Å². The van der Waals surface area contributed by atoms with Crippen molar-refractivity contribution in [2.24, 2.45) is 5.92 Å². The molecule has 0 aliphatic heterocycles. The molecule has 1 N–H and O–H groups in total. The fraction of sp³-hybridized carbons (Fsp3) is 0.250. The van der Waals surface area contributed by atoms with Crippen LogP contribution in [0.25, 0.3) is 0 Å². The van der Waals surface area contributed by atoms with Crippen molar-refractivity contribution < 1.29 is 0 Å². The highest BCUT2D eigenvalue weighted by atomic mass is 15.2. The quantitative estimate of drug-likeness (QED) is 0.496. The Morgan fingerprint density at radius 3 is 1.73 bits per heavy atom. The number of benzene rings is 3. The molecule has 1 atom stereocenters. The maximum absolute atomic E-state index is 3.72. The lowest BCUT2D eigenvalue weighted by atomic mass is 10.0. The minimum absolute atomic E-state index is 0.421. The smallest absolute Gasteiger partial charge is 0.0693 e. The molecule has 0 heterocycles. The average molecular weight is 345 g/mol. The van der Waals surface area contributed by atoms with Crippen molar-refractivity contribution in [1.82, 2.24) is 0 Å². The van der Waals surface area contributed by atoms with Gasteiger partial charge in [0.2, 0.25) is 0 Å². The van der Waals surface area contributed by atoms with Gasteiger partial charge in [-0.05, 0) is 55.7 Å². The second-order valence-electron chi connectivity index (χ2n) is 7.20. The summed E-state index contributed by atoms with van der Waals surface area (Å²) < 4.78 is 0. The van der Waals surface area contributed by atoms with Crippen LogP contribution in [0.4, 0.5) is 22.7 Å². The van der Waals surface area contributed by atoms with Crippen LogP contribution in [0, 0.1) is 5.92 Å². The molecule has 0 bridgehead atoms. The molecule has 1 unspecified atom stereocenters. The van der Waals surface area contributed by atoms with Gasteiger partial charge in [0.05, 0.1) is 11.4 Å². The van der Waals surface area contributed by atoms with Crippen LogP contribution in [0.1, 0.15) is 27.2 Å². The standard InChI is InChI=1S/C24H28N2/c1-19(2)18-20(3)25-23-16-10-11-17-24(23)26(21-12-6-4-7-13-21)22-14-8-5-9-15-22/h4-17,19-20,25H,18H2,1-3H3. The zero-order chi connectivity index (χ0) is 18.4. The van der Waals surface area contributed by atoms with Gasteiger partial charge in [-0.1, -0.05) is 62.4 Å².